The minimum absolute atomic E-state index is 0.0331. The van der Waals surface area contributed by atoms with E-state index in [-0.39, 0.29) is 11.1 Å². The minimum atomic E-state index is -1.11. The number of aliphatic carboxylic acids is 1. The van der Waals surface area contributed by atoms with Gasteiger partial charge in [0.2, 0.25) is 5.56 Å². The minimum Gasteiger partial charge on any atom is -0.480 e. The van der Waals surface area contributed by atoms with Gasteiger partial charge in [-0.05, 0) is 30.5 Å². The predicted octanol–water partition coefficient (Wildman–Crippen LogP) is 1.65. The zero-order valence-electron chi connectivity index (χ0n) is 12.1. The Kier molecular flexibility index (Phi) is 3.85. The van der Waals surface area contributed by atoms with Gasteiger partial charge in [-0.15, -0.1) is 0 Å². The van der Waals surface area contributed by atoms with Crippen molar-refractivity contribution in [3.05, 3.63) is 46.0 Å². The molecule has 3 N–H and O–H groups in total. The summed E-state index contributed by atoms with van der Waals surface area (Å²) in [5.74, 6) is -1.98. The number of hydrogen-bond acceptors (Lipinski definition) is 3. The van der Waals surface area contributed by atoms with Crippen molar-refractivity contribution in [2.45, 2.75) is 25.3 Å². The van der Waals surface area contributed by atoms with Crippen LogP contribution in [-0.2, 0) is 4.79 Å². The van der Waals surface area contributed by atoms with E-state index in [0.717, 1.165) is 25.0 Å². The van der Waals surface area contributed by atoms with Gasteiger partial charge in [0, 0.05) is 11.5 Å². The number of rotatable bonds is 5. The van der Waals surface area contributed by atoms with Crippen molar-refractivity contribution in [1.82, 2.24) is 10.3 Å². The van der Waals surface area contributed by atoms with Crippen molar-refractivity contribution < 1.29 is 19.1 Å². The van der Waals surface area contributed by atoms with E-state index in [4.69, 9.17) is 0 Å². The number of fused-ring (bicyclic) bond motifs is 1. The highest BCUT2D eigenvalue weighted by Gasteiger charge is 2.30. The SMILES string of the molecule is O=C(NC(CC1CC1)C(=O)O)c1cc(=O)[nH]c2cc(F)ccc12. The molecule has 1 aromatic carbocycles. The van der Waals surface area contributed by atoms with E-state index in [1.165, 1.54) is 12.1 Å². The quantitative estimate of drug-likeness (QED) is 0.780. The molecule has 1 amide bonds. The van der Waals surface area contributed by atoms with Crippen molar-refractivity contribution in [1.29, 1.82) is 0 Å². The lowest BCUT2D eigenvalue weighted by Crippen LogP contribution is -2.41. The van der Waals surface area contributed by atoms with Gasteiger partial charge in [-0.1, -0.05) is 12.8 Å². The Morgan fingerprint density at radius 1 is 1.35 bits per heavy atom. The number of halogens is 1. The van der Waals surface area contributed by atoms with Crippen molar-refractivity contribution in [3.63, 3.8) is 0 Å². The average molecular weight is 318 g/mol. The second-order valence-corrected chi connectivity index (χ2v) is 5.78. The zero-order valence-corrected chi connectivity index (χ0v) is 12.1. The first-order chi connectivity index (χ1) is 10.9. The topological polar surface area (TPSA) is 99.3 Å². The summed E-state index contributed by atoms with van der Waals surface area (Å²) in [4.78, 5) is 37.8. The van der Waals surface area contributed by atoms with E-state index >= 15 is 0 Å². The van der Waals surface area contributed by atoms with Crippen LogP contribution in [0.5, 0.6) is 0 Å². The predicted molar refractivity (Wildman–Crippen MR) is 80.8 cm³/mol. The molecule has 120 valence electrons. The summed E-state index contributed by atoms with van der Waals surface area (Å²) in [6.45, 7) is 0. The molecule has 1 heterocycles. The lowest BCUT2D eigenvalue weighted by Gasteiger charge is -2.15. The number of carboxylic acid groups (broad SMARTS) is 1. The summed E-state index contributed by atoms with van der Waals surface area (Å²) in [5, 5.41) is 12.0. The molecule has 1 fully saturated rings. The van der Waals surface area contributed by atoms with Gasteiger partial charge < -0.3 is 15.4 Å². The molecule has 7 heteroatoms. The number of carbonyl (C=O) groups excluding carboxylic acids is 1. The number of H-pyrrole nitrogens is 1. The van der Waals surface area contributed by atoms with Crippen molar-refractivity contribution in [2.75, 3.05) is 0 Å². The van der Waals surface area contributed by atoms with Gasteiger partial charge in [-0.25, -0.2) is 9.18 Å². The average Bonchev–Trinajstić information content (AvgIpc) is 3.29. The van der Waals surface area contributed by atoms with Crippen LogP contribution in [0.3, 0.4) is 0 Å². The summed E-state index contributed by atoms with van der Waals surface area (Å²) >= 11 is 0. The fraction of sp³-hybridized carbons (Fsp3) is 0.312. The fourth-order valence-corrected chi connectivity index (χ4v) is 2.56. The van der Waals surface area contributed by atoms with Crippen LogP contribution in [-0.4, -0.2) is 28.0 Å². The van der Waals surface area contributed by atoms with Crippen LogP contribution < -0.4 is 10.9 Å². The van der Waals surface area contributed by atoms with Crippen molar-refractivity contribution >= 4 is 22.8 Å². The number of aromatic amines is 1. The number of amides is 1. The molecule has 23 heavy (non-hydrogen) atoms. The van der Waals surface area contributed by atoms with E-state index < -0.39 is 29.3 Å². The second kappa shape index (κ2) is 5.83. The number of benzene rings is 1. The Bertz CT molecular complexity index is 842. The first-order valence-electron chi connectivity index (χ1n) is 7.30. The van der Waals surface area contributed by atoms with Crippen molar-refractivity contribution in [3.8, 4) is 0 Å². The Labute approximate surface area is 130 Å². The maximum absolute atomic E-state index is 13.3. The molecule has 0 radical (unpaired) electrons. The van der Waals surface area contributed by atoms with E-state index in [0.29, 0.717) is 17.7 Å². The zero-order chi connectivity index (χ0) is 16.6. The molecule has 0 saturated heterocycles. The van der Waals surface area contributed by atoms with E-state index in [1.807, 2.05) is 0 Å². The third kappa shape index (κ3) is 3.39. The van der Waals surface area contributed by atoms with Crippen LogP contribution in [0.25, 0.3) is 10.9 Å². The monoisotopic (exact) mass is 318 g/mol. The first kappa shape index (κ1) is 15.2. The molecule has 1 atom stereocenters. The molecule has 0 aliphatic heterocycles. The Hall–Kier alpha value is -2.70. The molecule has 1 aromatic heterocycles. The van der Waals surface area contributed by atoms with Crippen LogP contribution in [0.2, 0.25) is 0 Å². The molecular formula is C16H15FN2O4. The molecule has 1 aliphatic carbocycles. The van der Waals surface area contributed by atoms with Crippen LogP contribution in [0, 0.1) is 11.7 Å². The Balaban J connectivity index is 1.93. The van der Waals surface area contributed by atoms with Crippen LogP contribution >= 0.6 is 0 Å². The third-order valence-corrected chi connectivity index (χ3v) is 3.92. The Morgan fingerprint density at radius 2 is 2.09 bits per heavy atom. The molecule has 1 unspecified atom stereocenters. The molecule has 1 saturated carbocycles. The summed E-state index contributed by atoms with van der Waals surface area (Å²) in [6.07, 6.45) is 2.30. The summed E-state index contributed by atoms with van der Waals surface area (Å²) in [6, 6.07) is 3.77. The normalized spacial score (nSPS) is 15.3. The lowest BCUT2D eigenvalue weighted by atomic mass is 10.1. The lowest BCUT2D eigenvalue weighted by molar-refractivity contribution is -0.139. The van der Waals surface area contributed by atoms with E-state index in [9.17, 15) is 23.9 Å². The molecular weight excluding hydrogens is 303 g/mol. The van der Waals surface area contributed by atoms with Crippen LogP contribution in [0.15, 0.2) is 29.1 Å². The molecule has 0 bridgehead atoms. The third-order valence-electron chi connectivity index (χ3n) is 3.92. The number of carboxylic acids is 1. The molecule has 2 aromatic rings. The van der Waals surface area contributed by atoms with E-state index in [1.54, 1.807) is 0 Å². The number of nitrogens with one attached hydrogen (secondary N) is 2. The number of pyridine rings is 1. The highest BCUT2D eigenvalue weighted by molar-refractivity contribution is 6.06. The standard InChI is InChI=1S/C16H15FN2O4/c17-9-3-4-10-11(7-14(20)18-12(10)6-9)15(21)19-13(16(22)23)5-8-1-2-8/h3-4,6-8,13H,1-2,5H2,(H,18,20)(H,19,21)(H,22,23). The maximum Gasteiger partial charge on any atom is 0.326 e. The summed E-state index contributed by atoms with van der Waals surface area (Å²) in [7, 11) is 0. The number of hydrogen-bond donors (Lipinski definition) is 3. The summed E-state index contributed by atoms with van der Waals surface area (Å²) < 4.78 is 13.3. The molecule has 3 rings (SSSR count). The van der Waals surface area contributed by atoms with Gasteiger partial charge in [0.15, 0.2) is 0 Å². The smallest absolute Gasteiger partial charge is 0.326 e. The molecule has 6 nitrogen and oxygen atoms in total. The van der Waals surface area contributed by atoms with Gasteiger partial charge in [0.05, 0.1) is 11.1 Å². The van der Waals surface area contributed by atoms with Crippen molar-refractivity contribution in [2.24, 2.45) is 5.92 Å². The van der Waals surface area contributed by atoms with Gasteiger partial charge in [0.25, 0.3) is 5.91 Å². The van der Waals surface area contributed by atoms with Gasteiger partial charge in [-0.2, -0.15) is 0 Å². The number of aromatic nitrogens is 1. The largest absolute Gasteiger partial charge is 0.480 e. The highest BCUT2D eigenvalue weighted by atomic mass is 19.1. The van der Waals surface area contributed by atoms with Gasteiger partial charge in [0.1, 0.15) is 11.9 Å². The second-order valence-electron chi connectivity index (χ2n) is 5.78. The molecule has 0 spiro atoms. The fourth-order valence-electron chi connectivity index (χ4n) is 2.56. The number of carbonyl (C=O) groups is 2. The first-order valence-corrected chi connectivity index (χ1v) is 7.30. The van der Waals surface area contributed by atoms with Crippen LogP contribution in [0.4, 0.5) is 4.39 Å². The highest BCUT2D eigenvalue weighted by Crippen LogP contribution is 2.33. The molecule has 1 aliphatic rings. The van der Waals surface area contributed by atoms with Gasteiger partial charge in [-0.3, -0.25) is 9.59 Å². The van der Waals surface area contributed by atoms with Gasteiger partial charge >= 0.3 is 5.97 Å². The Morgan fingerprint density at radius 3 is 2.74 bits per heavy atom. The van der Waals surface area contributed by atoms with E-state index in [2.05, 4.69) is 10.3 Å². The maximum atomic E-state index is 13.3. The van der Waals surface area contributed by atoms with Crippen LogP contribution in [0.1, 0.15) is 29.6 Å². The summed E-state index contributed by atoms with van der Waals surface area (Å²) in [5.41, 5.74) is -0.329.